The molecule has 1 atom stereocenters. The number of aromatic nitrogens is 3. The van der Waals surface area contributed by atoms with E-state index in [1.807, 2.05) is 10.6 Å². The number of likely N-dealkylation sites (N-methyl/N-ethyl adjacent to an activating group) is 1. The van der Waals surface area contributed by atoms with Crippen LogP contribution >= 0.6 is 0 Å². The van der Waals surface area contributed by atoms with Crippen molar-refractivity contribution in [3.8, 4) is 0 Å². The minimum Gasteiger partial charge on any atom is -0.382 e. The Morgan fingerprint density at radius 1 is 1.58 bits per heavy atom. The molecule has 0 spiro atoms. The summed E-state index contributed by atoms with van der Waals surface area (Å²) >= 11 is 0. The Balaban J connectivity index is 1.93. The Morgan fingerprint density at radius 2 is 2.47 bits per heavy atom. The molecule has 1 fully saturated rings. The number of imidazole rings is 1. The zero-order valence-corrected chi connectivity index (χ0v) is 11.1. The maximum absolute atomic E-state index is 5.87. The second kappa shape index (κ2) is 5.05. The minimum atomic E-state index is 0.290. The van der Waals surface area contributed by atoms with E-state index in [-0.39, 0.29) is 6.10 Å². The summed E-state index contributed by atoms with van der Waals surface area (Å²) in [4.78, 5) is 11.0. The number of nitrogen functional groups attached to an aromatic ring is 1. The van der Waals surface area contributed by atoms with E-state index in [1.54, 1.807) is 12.4 Å². The Hall–Kier alpha value is -1.82. The molecule has 1 saturated heterocycles. The maximum atomic E-state index is 5.87. The van der Waals surface area contributed by atoms with Gasteiger partial charge in [-0.2, -0.15) is 0 Å². The van der Waals surface area contributed by atoms with Gasteiger partial charge in [0.2, 0.25) is 0 Å². The quantitative estimate of drug-likeness (QED) is 0.899. The molecule has 1 unspecified atom stereocenters. The molecule has 1 aliphatic heterocycles. The van der Waals surface area contributed by atoms with Crippen molar-refractivity contribution >= 4 is 17.3 Å². The van der Waals surface area contributed by atoms with E-state index >= 15 is 0 Å². The molecule has 19 heavy (non-hydrogen) atoms. The highest BCUT2D eigenvalue weighted by Crippen LogP contribution is 2.22. The van der Waals surface area contributed by atoms with Gasteiger partial charge in [-0.1, -0.05) is 0 Å². The van der Waals surface area contributed by atoms with Crippen LogP contribution in [0, 0.1) is 0 Å². The Kier molecular flexibility index (Phi) is 3.25. The van der Waals surface area contributed by atoms with Crippen LogP contribution in [-0.2, 0) is 4.74 Å². The summed E-state index contributed by atoms with van der Waals surface area (Å²) in [5.74, 6) is 1.34. The van der Waals surface area contributed by atoms with Crippen LogP contribution in [-0.4, -0.2) is 40.2 Å². The van der Waals surface area contributed by atoms with Crippen LogP contribution in [0.4, 0.5) is 11.6 Å². The summed E-state index contributed by atoms with van der Waals surface area (Å²) in [7, 11) is 0. The normalized spacial score (nSPS) is 19.1. The van der Waals surface area contributed by atoms with Gasteiger partial charge in [0.05, 0.1) is 12.3 Å². The van der Waals surface area contributed by atoms with Crippen LogP contribution in [0.1, 0.15) is 19.8 Å². The van der Waals surface area contributed by atoms with Gasteiger partial charge in [-0.25, -0.2) is 9.97 Å². The fraction of sp³-hybridized carbons (Fsp3) is 0.538. The standard InChI is InChI=1S/C13H19N5O/c1-2-17(8-10-4-3-7-19-10)13-12-15-5-6-18(12)9-11(14)16-13/h5-6,9-10H,2-4,7-8,14H2,1H3. The lowest BCUT2D eigenvalue weighted by Crippen LogP contribution is -2.33. The summed E-state index contributed by atoms with van der Waals surface area (Å²) in [6.45, 7) is 4.68. The predicted octanol–water partition coefficient (Wildman–Crippen LogP) is 1.32. The summed E-state index contributed by atoms with van der Waals surface area (Å²) in [6.07, 6.45) is 7.98. The van der Waals surface area contributed by atoms with E-state index in [2.05, 4.69) is 21.8 Å². The third-order valence-corrected chi connectivity index (χ3v) is 3.50. The average Bonchev–Trinajstić information content (AvgIpc) is 3.05. The Morgan fingerprint density at radius 3 is 3.21 bits per heavy atom. The topological polar surface area (TPSA) is 68.7 Å². The van der Waals surface area contributed by atoms with Gasteiger partial charge < -0.3 is 19.8 Å². The predicted molar refractivity (Wildman–Crippen MR) is 74.3 cm³/mol. The number of hydrogen-bond donors (Lipinski definition) is 1. The fourth-order valence-electron chi connectivity index (χ4n) is 2.55. The van der Waals surface area contributed by atoms with Gasteiger partial charge in [0.25, 0.3) is 0 Å². The van der Waals surface area contributed by atoms with Crippen molar-refractivity contribution in [1.82, 2.24) is 14.4 Å². The number of fused-ring (bicyclic) bond motifs is 1. The van der Waals surface area contributed by atoms with E-state index in [0.29, 0.717) is 5.82 Å². The van der Waals surface area contributed by atoms with Gasteiger partial charge in [0, 0.05) is 32.1 Å². The number of nitrogens with two attached hydrogens (primary N) is 1. The molecule has 2 aromatic heterocycles. The number of ether oxygens (including phenoxy) is 1. The first-order valence-electron chi connectivity index (χ1n) is 6.73. The van der Waals surface area contributed by atoms with Crippen LogP contribution in [0.25, 0.3) is 5.65 Å². The molecular weight excluding hydrogens is 242 g/mol. The van der Waals surface area contributed by atoms with Crippen LogP contribution in [0.3, 0.4) is 0 Å². The molecule has 0 bridgehead atoms. The molecule has 0 amide bonds. The molecule has 0 radical (unpaired) electrons. The van der Waals surface area contributed by atoms with E-state index in [0.717, 1.165) is 44.0 Å². The van der Waals surface area contributed by atoms with Crippen molar-refractivity contribution < 1.29 is 4.74 Å². The number of anilines is 2. The number of hydrogen-bond acceptors (Lipinski definition) is 5. The van der Waals surface area contributed by atoms with Gasteiger partial charge >= 0.3 is 0 Å². The molecular formula is C13H19N5O. The third-order valence-electron chi connectivity index (χ3n) is 3.50. The molecule has 1 aliphatic rings. The van der Waals surface area contributed by atoms with Crippen molar-refractivity contribution in [2.75, 3.05) is 30.3 Å². The van der Waals surface area contributed by atoms with Crippen molar-refractivity contribution in [2.24, 2.45) is 0 Å². The highest BCUT2D eigenvalue weighted by atomic mass is 16.5. The van der Waals surface area contributed by atoms with Gasteiger partial charge in [-0.3, -0.25) is 0 Å². The zero-order valence-electron chi connectivity index (χ0n) is 11.1. The van der Waals surface area contributed by atoms with E-state index in [9.17, 15) is 0 Å². The first-order valence-corrected chi connectivity index (χ1v) is 6.73. The van der Waals surface area contributed by atoms with Gasteiger partial charge in [0.15, 0.2) is 11.5 Å². The monoisotopic (exact) mass is 261 g/mol. The van der Waals surface area contributed by atoms with E-state index in [1.165, 1.54) is 0 Å². The first-order chi connectivity index (χ1) is 9.28. The van der Waals surface area contributed by atoms with Crippen molar-refractivity contribution in [3.63, 3.8) is 0 Å². The molecule has 2 aromatic rings. The number of rotatable bonds is 4. The second-order valence-electron chi connectivity index (χ2n) is 4.82. The molecule has 0 saturated carbocycles. The summed E-state index contributed by atoms with van der Waals surface area (Å²) in [5, 5.41) is 0. The molecule has 3 heterocycles. The highest BCUT2D eigenvalue weighted by Gasteiger charge is 2.21. The lowest BCUT2D eigenvalue weighted by Gasteiger charge is -2.25. The van der Waals surface area contributed by atoms with E-state index in [4.69, 9.17) is 10.5 Å². The smallest absolute Gasteiger partial charge is 0.180 e. The molecule has 0 aromatic carbocycles. The summed E-state index contributed by atoms with van der Waals surface area (Å²) in [6, 6.07) is 0. The first kappa shape index (κ1) is 12.2. The SMILES string of the molecule is CCN(CC1CCCO1)c1nc(N)cn2ccnc12. The van der Waals surface area contributed by atoms with E-state index < -0.39 is 0 Å². The molecule has 6 heteroatoms. The molecule has 6 nitrogen and oxygen atoms in total. The minimum absolute atomic E-state index is 0.290. The zero-order chi connectivity index (χ0) is 13.2. The molecule has 3 rings (SSSR count). The molecule has 2 N–H and O–H groups in total. The van der Waals surface area contributed by atoms with Gasteiger partial charge in [-0.15, -0.1) is 0 Å². The average molecular weight is 261 g/mol. The summed E-state index contributed by atoms with van der Waals surface area (Å²) < 4.78 is 7.62. The van der Waals surface area contributed by atoms with Crippen LogP contribution in [0.2, 0.25) is 0 Å². The fourth-order valence-corrected chi connectivity index (χ4v) is 2.55. The van der Waals surface area contributed by atoms with Gasteiger partial charge in [-0.05, 0) is 19.8 Å². The molecule has 0 aliphatic carbocycles. The summed E-state index contributed by atoms with van der Waals surface area (Å²) in [5.41, 5.74) is 6.71. The van der Waals surface area contributed by atoms with Gasteiger partial charge in [0.1, 0.15) is 5.82 Å². The Bertz CT molecular complexity index is 561. The second-order valence-corrected chi connectivity index (χ2v) is 4.82. The third kappa shape index (κ3) is 2.35. The molecule has 102 valence electrons. The van der Waals surface area contributed by atoms with Crippen molar-refractivity contribution in [2.45, 2.75) is 25.9 Å². The van der Waals surface area contributed by atoms with Crippen LogP contribution < -0.4 is 10.6 Å². The van der Waals surface area contributed by atoms with Crippen molar-refractivity contribution in [3.05, 3.63) is 18.6 Å². The largest absolute Gasteiger partial charge is 0.382 e. The van der Waals surface area contributed by atoms with Crippen molar-refractivity contribution in [1.29, 1.82) is 0 Å². The lowest BCUT2D eigenvalue weighted by molar-refractivity contribution is 0.115. The van der Waals surface area contributed by atoms with Crippen LogP contribution in [0.5, 0.6) is 0 Å². The Labute approximate surface area is 112 Å². The lowest BCUT2D eigenvalue weighted by atomic mass is 10.2. The maximum Gasteiger partial charge on any atom is 0.180 e. The number of nitrogens with zero attached hydrogens (tertiary/aromatic N) is 4. The van der Waals surface area contributed by atoms with Crippen LogP contribution in [0.15, 0.2) is 18.6 Å². The highest BCUT2D eigenvalue weighted by molar-refractivity contribution is 5.66.